The van der Waals surface area contributed by atoms with E-state index < -0.39 is 17.7 Å². The fourth-order valence-electron chi connectivity index (χ4n) is 3.86. The number of aliphatic hydroxyl groups is 1. The Kier molecular flexibility index (Phi) is 8.93. The molecule has 2 aromatic rings. The van der Waals surface area contributed by atoms with Gasteiger partial charge in [-0.3, -0.25) is 9.59 Å². The first kappa shape index (κ1) is 26.3. The molecule has 1 fully saturated rings. The standard InChI is InChI=1S/C28H36N2O5/c1-6-17-34-22-11-7-20(8-12-22)25-24(27(32)28(33)30(25)16-15-29(4)5)26(31)21-9-13-23(14-10-21)35-18-19(2)3/h7-14,19,25,31H,6,15-18H2,1-5H3/b26-24-. The number of ether oxygens (including phenoxy) is 2. The molecule has 1 amide bonds. The molecule has 2 aromatic carbocycles. The average molecular weight is 481 g/mol. The van der Waals surface area contributed by atoms with E-state index in [1.54, 1.807) is 24.3 Å². The van der Waals surface area contributed by atoms with E-state index in [0.717, 1.165) is 17.7 Å². The van der Waals surface area contributed by atoms with Gasteiger partial charge in [-0.1, -0.05) is 32.9 Å². The predicted molar refractivity (Wildman–Crippen MR) is 137 cm³/mol. The van der Waals surface area contributed by atoms with E-state index in [1.165, 1.54) is 4.90 Å². The minimum absolute atomic E-state index is 0.0897. The van der Waals surface area contributed by atoms with Gasteiger partial charge in [0.25, 0.3) is 11.7 Å². The van der Waals surface area contributed by atoms with Crippen LogP contribution in [0.15, 0.2) is 54.1 Å². The van der Waals surface area contributed by atoms with Crippen molar-refractivity contribution in [3.63, 3.8) is 0 Å². The van der Waals surface area contributed by atoms with Crippen LogP contribution in [0.25, 0.3) is 5.76 Å². The van der Waals surface area contributed by atoms with Crippen LogP contribution in [0.2, 0.25) is 0 Å². The fraction of sp³-hybridized carbons (Fsp3) is 0.429. The highest BCUT2D eigenvalue weighted by molar-refractivity contribution is 6.46. The summed E-state index contributed by atoms with van der Waals surface area (Å²) in [5, 5.41) is 11.2. The third kappa shape index (κ3) is 6.42. The first-order valence-electron chi connectivity index (χ1n) is 12.1. The van der Waals surface area contributed by atoms with Crippen LogP contribution in [0.3, 0.4) is 0 Å². The first-order chi connectivity index (χ1) is 16.7. The van der Waals surface area contributed by atoms with E-state index in [4.69, 9.17) is 9.47 Å². The van der Waals surface area contributed by atoms with Crippen LogP contribution in [0, 0.1) is 5.92 Å². The topological polar surface area (TPSA) is 79.3 Å². The molecule has 1 aliphatic heterocycles. The number of carbonyl (C=O) groups is 2. The van der Waals surface area contributed by atoms with E-state index in [1.807, 2.05) is 50.2 Å². The normalized spacial score (nSPS) is 17.5. The zero-order chi connectivity index (χ0) is 25.5. The molecule has 0 aromatic heterocycles. The van der Waals surface area contributed by atoms with Gasteiger partial charge in [0.15, 0.2) is 0 Å². The number of hydrogen-bond acceptors (Lipinski definition) is 6. The summed E-state index contributed by atoms with van der Waals surface area (Å²) in [6.07, 6.45) is 0.897. The van der Waals surface area contributed by atoms with Crippen molar-refractivity contribution in [1.82, 2.24) is 9.80 Å². The molecule has 7 nitrogen and oxygen atoms in total. The Morgan fingerprint density at radius 2 is 1.60 bits per heavy atom. The molecule has 0 aliphatic carbocycles. The molecule has 1 atom stereocenters. The number of ketones is 1. The fourth-order valence-corrected chi connectivity index (χ4v) is 3.86. The first-order valence-corrected chi connectivity index (χ1v) is 12.1. The van der Waals surface area contributed by atoms with Crippen LogP contribution in [0.1, 0.15) is 44.4 Å². The second-order valence-corrected chi connectivity index (χ2v) is 9.44. The Morgan fingerprint density at radius 1 is 1.00 bits per heavy atom. The molecule has 35 heavy (non-hydrogen) atoms. The van der Waals surface area contributed by atoms with E-state index >= 15 is 0 Å². The summed E-state index contributed by atoms with van der Waals surface area (Å²) in [5.41, 5.74) is 1.29. The average Bonchev–Trinajstić information content (AvgIpc) is 3.10. The van der Waals surface area contributed by atoms with Crippen molar-refractivity contribution in [2.24, 2.45) is 5.92 Å². The van der Waals surface area contributed by atoms with Crippen molar-refractivity contribution in [2.45, 2.75) is 33.2 Å². The second kappa shape index (κ2) is 11.9. The smallest absolute Gasteiger partial charge is 0.295 e. The number of aliphatic hydroxyl groups excluding tert-OH is 1. The van der Waals surface area contributed by atoms with Gasteiger partial charge in [-0.2, -0.15) is 0 Å². The maximum absolute atomic E-state index is 13.1. The SMILES string of the molecule is CCCOc1ccc(C2/C(=C(/O)c3ccc(OCC(C)C)cc3)C(=O)C(=O)N2CCN(C)C)cc1. The van der Waals surface area contributed by atoms with Crippen molar-refractivity contribution in [2.75, 3.05) is 40.4 Å². The zero-order valence-corrected chi connectivity index (χ0v) is 21.3. The lowest BCUT2D eigenvalue weighted by Crippen LogP contribution is -2.35. The monoisotopic (exact) mass is 480 g/mol. The Morgan fingerprint density at radius 3 is 2.17 bits per heavy atom. The van der Waals surface area contributed by atoms with Crippen molar-refractivity contribution in [1.29, 1.82) is 0 Å². The van der Waals surface area contributed by atoms with Gasteiger partial charge in [-0.25, -0.2) is 0 Å². The molecular formula is C28H36N2O5. The molecule has 3 rings (SSSR count). The lowest BCUT2D eigenvalue weighted by molar-refractivity contribution is -0.140. The third-order valence-electron chi connectivity index (χ3n) is 5.71. The molecule has 1 N–H and O–H groups in total. The number of benzene rings is 2. The largest absolute Gasteiger partial charge is 0.507 e. The zero-order valence-electron chi connectivity index (χ0n) is 21.3. The van der Waals surface area contributed by atoms with Crippen LogP contribution >= 0.6 is 0 Å². The molecule has 0 saturated carbocycles. The molecule has 7 heteroatoms. The molecule has 0 bridgehead atoms. The molecule has 188 valence electrons. The Bertz CT molecular complexity index is 1040. The summed E-state index contributed by atoms with van der Waals surface area (Å²) in [7, 11) is 3.82. The van der Waals surface area contributed by atoms with Crippen LogP contribution in [-0.2, 0) is 9.59 Å². The van der Waals surface area contributed by atoms with Gasteiger partial charge < -0.3 is 24.4 Å². The Hall–Kier alpha value is -3.32. The minimum Gasteiger partial charge on any atom is -0.507 e. The van der Waals surface area contributed by atoms with Crippen molar-refractivity contribution in [3.8, 4) is 11.5 Å². The van der Waals surface area contributed by atoms with Gasteiger partial charge in [-0.15, -0.1) is 0 Å². The lowest BCUT2D eigenvalue weighted by atomic mass is 9.95. The number of nitrogens with zero attached hydrogens (tertiary/aromatic N) is 2. The quantitative estimate of drug-likeness (QED) is 0.290. The van der Waals surface area contributed by atoms with E-state index in [2.05, 4.69) is 13.8 Å². The molecule has 0 spiro atoms. The summed E-state index contributed by atoms with van der Waals surface area (Å²) in [5.74, 6) is 0.306. The molecule has 1 saturated heterocycles. The van der Waals surface area contributed by atoms with E-state index in [9.17, 15) is 14.7 Å². The highest BCUT2D eigenvalue weighted by Crippen LogP contribution is 2.39. The predicted octanol–water partition coefficient (Wildman–Crippen LogP) is 4.49. The van der Waals surface area contributed by atoms with Crippen molar-refractivity contribution >= 4 is 17.4 Å². The van der Waals surface area contributed by atoms with Gasteiger partial charge in [0.1, 0.15) is 17.3 Å². The third-order valence-corrected chi connectivity index (χ3v) is 5.71. The van der Waals surface area contributed by atoms with Crippen molar-refractivity contribution in [3.05, 3.63) is 65.2 Å². The van der Waals surface area contributed by atoms with Crippen LogP contribution in [-0.4, -0.2) is 67.0 Å². The van der Waals surface area contributed by atoms with Gasteiger partial charge in [0.2, 0.25) is 0 Å². The summed E-state index contributed by atoms with van der Waals surface area (Å²) >= 11 is 0. The molecule has 1 heterocycles. The van der Waals surface area contributed by atoms with Gasteiger partial charge in [0.05, 0.1) is 24.8 Å². The number of carbonyl (C=O) groups excluding carboxylic acids is 2. The highest BCUT2D eigenvalue weighted by Gasteiger charge is 2.45. The Balaban J connectivity index is 1.99. The number of amides is 1. The molecule has 1 aliphatic rings. The maximum atomic E-state index is 13.1. The minimum atomic E-state index is -0.688. The maximum Gasteiger partial charge on any atom is 0.295 e. The summed E-state index contributed by atoms with van der Waals surface area (Å²) < 4.78 is 11.4. The molecular weight excluding hydrogens is 444 g/mol. The molecule has 1 unspecified atom stereocenters. The Labute approximate surface area is 207 Å². The number of likely N-dealkylation sites (tertiary alicyclic amines) is 1. The lowest BCUT2D eigenvalue weighted by Gasteiger charge is -2.26. The summed E-state index contributed by atoms with van der Waals surface area (Å²) in [6.45, 7) is 8.31. The van der Waals surface area contributed by atoms with Crippen LogP contribution in [0.4, 0.5) is 0 Å². The number of hydrogen-bond donors (Lipinski definition) is 1. The molecule has 0 radical (unpaired) electrons. The van der Waals surface area contributed by atoms with Gasteiger partial charge in [-0.05, 0) is 68.4 Å². The number of likely N-dealkylation sites (N-methyl/N-ethyl adjacent to an activating group) is 1. The van der Waals surface area contributed by atoms with Crippen LogP contribution < -0.4 is 9.47 Å². The number of rotatable bonds is 11. The van der Waals surface area contributed by atoms with Gasteiger partial charge >= 0.3 is 0 Å². The highest BCUT2D eigenvalue weighted by atomic mass is 16.5. The van der Waals surface area contributed by atoms with Crippen molar-refractivity contribution < 1.29 is 24.2 Å². The number of Topliss-reactive ketones (excluding diaryl/α,β-unsaturated/α-hetero) is 1. The van der Waals surface area contributed by atoms with Crippen LogP contribution in [0.5, 0.6) is 11.5 Å². The van der Waals surface area contributed by atoms with E-state index in [-0.39, 0.29) is 11.3 Å². The summed E-state index contributed by atoms with van der Waals surface area (Å²) in [6, 6.07) is 13.6. The summed E-state index contributed by atoms with van der Waals surface area (Å²) in [4.78, 5) is 29.7. The van der Waals surface area contributed by atoms with E-state index in [0.29, 0.717) is 43.5 Å². The van der Waals surface area contributed by atoms with Gasteiger partial charge in [0, 0.05) is 18.7 Å². The second-order valence-electron chi connectivity index (χ2n) is 9.44.